The number of hydrogen-bond donors (Lipinski definition) is 1. The van der Waals surface area contributed by atoms with Gasteiger partial charge in [0.15, 0.2) is 8.32 Å². The van der Waals surface area contributed by atoms with E-state index in [9.17, 15) is 14.9 Å². The SMILES string of the molecule is CC(C)(C[C@@H]1CCCN(c2ccncc2[N+](=O)[O-])C1)[Si](C)(C)O. The fraction of sp³-hybridized carbons (Fsp3) is 0.688. The monoisotopic (exact) mass is 337 g/mol. The van der Waals surface area contributed by atoms with Crippen molar-refractivity contribution in [3.8, 4) is 0 Å². The molecule has 7 heteroatoms. The van der Waals surface area contributed by atoms with Crippen LogP contribution in [0.15, 0.2) is 18.5 Å². The molecule has 1 aromatic heterocycles. The summed E-state index contributed by atoms with van der Waals surface area (Å²) in [6.07, 6.45) is 6.03. The molecule has 1 N–H and O–H groups in total. The molecule has 0 radical (unpaired) electrons. The lowest BCUT2D eigenvalue weighted by molar-refractivity contribution is -0.384. The lowest BCUT2D eigenvalue weighted by Gasteiger charge is -2.41. The predicted molar refractivity (Wildman–Crippen MR) is 94.2 cm³/mol. The van der Waals surface area contributed by atoms with Gasteiger partial charge in [0.05, 0.1) is 4.92 Å². The molecule has 2 rings (SSSR count). The van der Waals surface area contributed by atoms with Crippen molar-refractivity contribution in [1.82, 2.24) is 4.98 Å². The summed E-state index contributed by atoms with van der Waals surface area (Å²) in [5, 5.41) is 11.2. The summed E-state index contributed by atoms with van der Waals surface area (Å²) in [5.74, 6) is 0.449. The maximum Gasteiger partial charge on any atom is 0.310 e. The largest absolute Gasteiger partial charge is 0.432 e. The highest BCUT2D eigenvalue weighted by atomic mass is 28.4. The van der Waals surface area contributed by atoms with Gasteiger partial charge in [-0.05, 0) is 49.4 Å². The van der Waals surface area contributed by atoms with Crippen LogP contribution >= 0.6 is 0 Å². The normalized spacial score (nSPS) is 19.7. The van der Waals surface area contributed by atoms with Crippen LogP contribution < -0.4 is 4.90 Å². The Labute approximate surface area is 138 Å². The third-order valence-electron chi connectivity index (χ3n) is 5.29. The molecule has 0 aromatic carbocycles. The number of nitrogens with zero attached hydrogens (tertiary/aromatic N) is 3. The van der Waals surface area contributed by atoms with Crippen LogP contribution in [0.25, 0.3) is 0 Å². The van der Waals surface area contributed by atoms with Gasteiger partial charge in [0.25, 0.3) is 0 Å². The van der Waals surface area contributed by atoms with Crippen molar-refractivity contribution in [2.75, 3.05) is 18.0 Å². The molecule has 0 aliphatic carbocycles. The van der Waals surface area contributed by atoms with Gasteiger partial charge in [-0.3, -0.25) is 15.1 Å². The highest BCUT2D eigenvalue weighted by Crippen LogP contribution is 2.44. The number of anilines is 1. The summed E-state index contributed by atoms with van der Waals surface area (Å²) >= 11 is 0. The first kappa shape index (κ1) is 17.9. The van der Waals surface area contributed by atoms with Crippen LogP contribution in [0, 0.1) is 16.0 Å². The fourth-order valence-corrected chi connectivity index (χ4v) is 4.00. The summed E-state index contributed by atoms with van der Waals surface area (Å²) < 4.78 is 0. The molecule has 1 saturated heterocycles. The Kier molecular flexibility index (Phi) is 5.10. The number of rotatable bonds is 5. The molecule has 0 spiro atoms. The fourth-order valence-electron chi connectivity index (χ4n) is 3.21. The molecular formula is C16H27N3O3Si. The van der Waals surface area contributed by atoms with E-state index in [0.29, 0.717) is 11.6 Å². The van der Waals surface area contributed by atoms with E-state index in [2.05, 4.69) is 23.7 Å². The molecule has 23 heavy (non-hydrogen) atoms. The summed E-state index contributed by atoms with van der Waals surface area (Å²) in [6.45, 7) is 9.91. The molecular weight excluding hydrogens is 310 g/mol. The molecule has 2 heterocycles. The molecule has 0 saturated carbocycles. The Morgan fingerprint density at radius 2 is 2.22 bits per heavy atom. The maximum absolute atomic E-state index is 11.2. The van der Waals surface area contributed by atoms with Gasteiger partial charge in [0.2, 0.25) is 0 Å². The van der Waals surface area contributed by atoms with Crippen molar-refractivity contribution < 1.29 is 9.72 Å². The van der Waals surface area contributed by atoms with Crippen molar-refractivity contribution >= 4 is 19.7 Å². The van der Waals surface area contributed by atoms with Gasteiger partial charge < -0.3 is 9.70 Å². The van der Waals surface area contributed by atoms with Gasteiger partial charge >= 0.3 is 5.69 Å². The van der Waals surface area contributed by atoms with Gasteiger partial charge in [-0.25, -0.2) is 0 Å². The third kappa shape index (κ3) is 4.09. The lowest BCUT2D eigenvalue weighted by atomic mass is 9.89. The minimum absolute atomic E-state index is 0.0646. The van der Waals surface area contributed by atoms with E-state index >= 15 is 0 Å². The highest BCUT2D eigenvalue weighted by Gasteiger charge is 2.40. The molecule has 1 aliphatic rings. The predicted octanol–water partition coefficient (Wildman–Crippen LogP) is 3.57. The van der Waals surface area contributed by atoms with Crippen LogP contribution in [-0.4, -0.2) is 36.1 Å². The number of hydrogen-bond acceptors (Lipinski definition) is 5. The van der Waals surface area contributed by atoms with Gasteiger partial charge in [0.1, 0.15) is 11.9 Å². The molecule has 0 unspecified atom stereocenters. The number of nitro groups is 1. The number of piperidine rings is 1. The van der Waals surface area contributed by atoms with E-state index in [1.165, 1.54) is 6.20 Å². The van der Waals surface area contributed by atoms with Gasteiger partial charge in [-0.15, -0.1) is 0 Å². The average molecular weight is 337 g/mol. The van der Waals surface area contributed by atoms with E-state index in [4.69, 9.17) is 0 Å². The Morgan fingerprint density at radius 3 is 2.83 bits per heavy atom. The van der Waals surface area contributed by atoms with Gasteiger partial charge in [0, 0.05) is 19.3 Å². The highest BCUT2D eigenvalue weighted by molar-refractivity contribution is 6.72. The second-order valence-electron chi connectivity index (χ2n) is 7.72. The molecule has 1 fully saturated rings. The third-order valence-corrected chi connectivity index (χ3v) is 8.81. The maximum atomic E-state index is 11.2. The Balaban J connectivity index is 2.15. The number of aromatic nitrogens is 1. The molecule has 0 amide bonds. The first-order valence-corrected chi connectivity index (χ1v) is 11.1. The standard InChI is InChI=1S/C16H27N3O3Si/c1-16(2,23(3,4)22)10-13-6-5-9-18(12-13)14-7-8-17-11-15(14)19(20)21/h7-8,11,13,22H,5-6,9-10,12H2,1-4H3/t13-/m0/s1. The van der Waals surface area contributed by atoms with Crippen molar-refractivity contribution in [3.05, 3.63) is 28.6 Å². The van der Waals surface area contributed by atoms with E-state index in [1.807, 2.05) is 13.1 Å². The van der Waals surface area contributed by atoms with Crippen molar-refractivity contribution in [1.29, 1.82) is 0 Å². The first-order valence-electron chi connectivity index (χ1n) is 8.17. The lowest BCUT2D eigenvalue weighted by Crippen LogP contribution is -2.43. The average Bonchev–Trinajstić information content (AvgIpc) is 2.46. The Hall–Kier alpha value is -1.47. The zero-order valence-electron chi connectivity index (χ0n) is 14.5. The first-order chi connectivity index (χ1) is 10.6. The molecule has 1 aliphatic heterocycles. The van der Waals surface area contributed by atoms with Crippen LogP contribution in [0.5, 0.6) is 0 Å². The topological polar surface area (TPSA) is 79.5 Å². The molecule has 6 nitrogen and oxygen atoms in total. The molecule has 128 valence electrons. The Bertz CT molecular complexity index is 572. The van der Waals surface area contributed by atoms with E-state index < -0.39 is 8.32 Å². The van der Waals surface area contributed by atoms with E-state index in [1.54, 1.807) is 12.3 Å². The molecule has 1 atom stereocenters. The Morgan fingerprint density at radius 1 is 1.52 bits per heavy atom. The van der Waals surface area contributed by atoms with Crippen molar-refractivity contribution in [3.63, 3.8) is 0 Å². The minimum atomic E-state index is -2.24. The zero-order valence-corrected chi connectivity index (χ0v) is 15.5. The van der Waals surface area contributed by atoms with Crippen LogP contribution in [-0.2, 0) is 0 Å². The summed E-state index contributed by atoms with van der Waals surface area (Å²) in [7, 11) is -2.24. The summed E-state index contributed by atoms with van der Waals surface area (Å²) in [5.41, 5.74) is 0.734. The van der Waals surface area contributed by atoms with Crippen LogP contribution in [0.2, 0.25) is 18.1 Å². The zero-order chi connectivity index (χ0) is 17.3. The molecule has 1 aromatic rings. The van der Waals surface area contributed by atoms with Gasteiger partial charge in [-0.1, -0.05) is 13.8 Å². The van der Waals surface area contributed by atoms with Gasteiger partial charge in [-0.2, -0.15) is 0 Å². The smallest absolute Gasteiger partial charge is 0.310 e. The van der Waals surface area contributed by atoms with Crippen LogP contribution in [0.3, 0.4) is 0 Å². The van der Waals surface area contributed by atoms with Crippen LogP contribution in [0.1, 0.15) is 33.1 Å². The van der Waals surface area contributed by atoms with Crippen molar-refractivity contribution in [2.24, 2.45) is 5.92 Å². The quantitative estimate of drug-likeness (QED) is 0.505. The van der Waals surface area contributed by atoms with Crippen LogP contribution in [0.4, 0.5) is 11.4 Å². The van der Waals surface area contributed by atoms with Crippen molar-refractivity contribution in [2.45, 2.75) is 51.2 Å². The van der Waals surface area contributed by atoms with E-state index in [-0.39, 0.29) is 15.6 Å². The molecule has 0 bridgehead atoms. The second-order valence-corrected chi connectivity index (χ2v) is 12.2. The summed E-state index contributed by atoms with van der Waals surface area (Å²) in [4.78, 5) is 27.3. The summed E-state index contributed by atoms with van der Waals surface area (Å²) in [6, 6.07) is 1.73. The minimum Gasteiger partial charge on any atom is -0.432 e. The van der Waals surface area contributed by atoms with E-state index in [0.717, 1.165) is 32.4 Å². The number of pyridine rings is 1. The second kappa shape index (κ2) is 6.57.